The third-order valence-corrected chi connectivity index (χ3v) is 9.64. The summed E-state index contributed by atoms with van der Waals surface area (Å²) in [6.45, 7) is 2.53. The molecule has 2 aliphatic rings. The van der Waals surface area contributed by atoms with Crippen molar-refractivity contribution in [2.45, 2.75) is 18.9 Å². The molecule has 13 heteroatoms. The highest BCUT2D eigenvalue weighted by atomic mass is 35.5. The summed E-state index contributed by atoms with van der Waals surface area (Å²) in [5.41, 5.74) is 0.748. The van der Waals surface area contributed by atoms with Crippen molar-refractivity contribution in [3.05, 3.63) is 75.8 Å². The lowest BCUT2D eigenvalue weighted by atomic mass is 10.0. The van der Waals surface area contributed by atoms with Crippen LogP contribution in [0.25, 0.3) is 39.0 Å². The molecular formula is C33H30ClF2N7O2S. The molecule has 1 amide bonds. The number of ether oxygens (including phenoxy) is 1. The molecule has 0 bridgehead atoms. The molecule has 5 heterocycles. The van der Waals surface area contributed by atoms with Gasteiger partial charge in [-0.1, -0.05) is 41.9 Å². The molecule has 1 unspecified atom stereocenters. The van der Waals surface area contributed by atoms with Crippen molar-refractivity contribution in [1.29, 1.82) is 0 Å². The zero-order chi connectivity index (χ0) is 31.8. The summed E-state index contributed by atoms with van der Waals surface area (Å²) in [5.74, 6) is -1.73. The molecule has 0 saturated carbocycles. The number of likely N-dealkylation sites (N-methyl/N-ethyl adjacent to an activating group) is 1. The van der Waals surface area contributed by atoms with Crippen molar-refractivity contribution in [2.24, 2.45) is 0 Å². The van der Waals surface area contributed by atoms with E-state index in [0.717, 1.165) is 30.8 Å². The zero-order valence-electron chi connectivity index (χ0n) is 25.0. The molecule has 9 nitrogen and oxygen atoms in total. The molecule has 2 saturated heterocycles. The van der Waals surface area contributed by atoms with E-state index in [1.165, 1.54) is 16.2 Å². The Bertz CT molecular complexity index is 1950. The van der Waals surface area contributed by atoms with Crippen molar-refractivity contribution < 1.29 is 18.3 Å². The number of amides is 1. The van der Waals surface area contributed by atoms with Gasteiger partial charge in [-0.2, -0.15) is 9.97 Å². The predicted molar refractivity (Wildman–Crippen MR) is 176 cm³/mol. The van der Waals surface area contributed by atoms with Crippen LogP contribution < -0.4 is 9.64 Å². The number of hydrogen-bond acceptors (Lipinski definition) is 9. The first-order valence-electron chi connectivity index (χ1n) is 15.0. The average molecular weight is 662 g/mol. The van der Waals surface area contributed by atoms with Gasteiger partial charge < -0.3 is 19.4 Å². The van der Waals surface area contributed by atoms with Gasteiger partial charge in [-0.05, 0) is 37.9 Å². The summed E-state index contributed by atoms with van der Waals surface area (Å²) in [7, 11) is 2.05. The maximum atomic E-state index is 16.6. The molecule has 0 spiro atoms. The van der Waals surface area contributed by atoms with Gasteiger partial charge in [0.05, 0.1) is 5.39 Å². The van der Waals surface area contributed by atoms with Crippen LogP contribution in [0.5, 0.6) is 6.01 Å². The number of fused-ring (bicyclic) bond motifs is 2. The van der Waals surface area contributed by atoms with Crippen LogP contribution in [-0.2, 0) is 4.79 Å². The molecule has 2 fully saturated rings. The van der Waals surface area contributed by atoms with Crippen LogP contribution in [-0.4, -0.2) is 88.1 Å². The number of piperazine rings is 1. The van der Waals surface area contributed by atoms with Gasteiger partial charge in [-0.15, -0.1) is 11.3 Å². The number of nitrogens with zero attached hydrogens (tertiary/aromatic N) is 7. The summed E-state index contributed by atoms with van der Waals surface area (Å²) in [6.07, 6.45) is 6.35. The smallest absolute Gasteiger partial charge is 0.319 e. The van der Waals surface area contributed by atoms with Gasteiger partial charge in [0, 0.05) is 72.0 Å². The second kappa shape index (κ2) is 12.9. The van der Waals surface area contributed by atoms with Crippen LogP contribution in [0.15, 0.2) is 60.0 Å². The highest BCUT2D eigenvalue weighted by molar-refractivity contribution is 7.10. The number of benzene rings is 2. The molecule has 2 aliphatic heterocycles. The monoisotopic (exact) mass is 661 g/mol. The van der Waals surface area contributed by atoms with E-state index in [-0.39, 0.29) is 36.4 Å². The minimum atomic E-state index is -0.865. The van der Waals surface area contributed by atoms with Gasteiger partial charge >= 0.3 is 6.01 Å². The van der Waals surface area contributed by atoms with E-state index < -0.39 is 17.6 Å². The molecule has 0 radical (unpaired) electrons. The Morgan fingerprint density at radius 2 is 1.91 bits per heavy atom. The molecule has 0 N–H and O–H groups in total. The summed E-state index contributed by atoms with van der Waals surface area (Å²) in [6, 6.07) is 11.4. The Balaban J connectivity index is 1.23. The van der Waals surface area contributed by atoms with Crippen molar-refractivity contribution in [2.75, 3.05) is 51.3 Å². The van der Waals surface area contributed by atoms with Crippen LogP contribution in [0, 0.1) is 5.82 Å². The Hall–Kier alpha value is -4.26. The fraction of sp³-hybridized carbons (Fsp3) is 0.303. The first-order valence-corrected chi connectivity index (χ1v) is 16.3. The Kier molecular flexibility index (Phi) is 8.50. The third kappa shape index (κ3) is 5.88. The first kappa shape index (κ1) is 30.4. The number of likely N-dealkylation sites (tertiary alicyclic amines) is 1. The SMILES string of the molecule is CN1CCCC1COc1nc(N2CCN(C(=O)/C(F)=C/c3nccs3)CC2)c2cnc(-c3cccc4cccc(Cl)c34)c(F)c2n1. The Morgan fingerprint density at radius 1 is 1.11 bits per heavy atom. The van der Waals surface area contributed by atoms with E-state index in [4.69, 9.17) is 21.3 Å². The number of carbonyl (C=O) groups excluding carboxylic acids is 1. The van der Waals surface area contributed by atoms with Gasteiger partial charge in [0.15, 0.2) is 11.6 Å². The zero-order valence-corrected chi connectivity index (χ0v) is 26.6. The molecule has 7 rings (SSSR count). The molecule has 1 atom stereocenters. The summed E-state index contributed by atoms with van der Waals surface area (Å²) in [5, 5.41) is 4.61. The van der Waals surface area contributed by atoms with E-state index >= 15 is 4.39 Å². The number of aromatic nitrogens is 4. The molecule has 5 aromatic rings. The lowest BCUT2D eigenvalue weighted by Crippen LogP contribution is -2.49. The topological polar surface area (TPSA) is 87.6 Å². The maximum absolute atomic E-state index is 16.6. The largest absolute Gasteiger partial charge is 0.462 e. The van der Waals surface area contributed by atoms with Crippen LogP contribution in [0.2, 0.25) is 5.02 Å². The highest BCUT2D eigenvalue weighted by Gasteiger charge is 2.29. The van der Waals surface area contributed by atoms with E-state index in [1.807, 2.05) is 29.2 Å². The van der Waals surface area contributed by atoms with Gasteiger partial charge in [0.1, 0.15) is 28.6 Å². The fourth-order valence-corrected chi connectivity index (χ4v) is 6.95. The average Bonchev–Trinajstić information content (AvgIpc) is 3.74. The van der Waals surface area contributed by atoms with E-state index in [9.17, 15) is 9.18 Å². The van der Waals surface area contributed by atoms with E-state index in [1.54, 1.807) is 29.9 Å². The number of anilines is 1. The lowest BCUT2D eigenvalue weighted by molar-refractivity contribution is -0.128. The highest BCUT2D eigenvalue weighted by Crippen LogP contribution is 2.37. The van der Waals surface area contributed by atoms with Crippen LogP contribution in [0.3, 0.4) is 0 Å². The summed E-state index contributed by atoms with van der Waals surface area (Å²) >= 11 is 7.83. The van der Waals surface area contributed by atoms with Crippen molar-refractivity contribution in [3.63, 3.8) is 0 Å². The minimum Gasteiger partial charge on any atom is -0.462 e. The van der Waals surface area contributed by atoms with E-state index in [0.29, 0.717) is 51.9 Å². The maximum Gasteiger partial charge on any atom is 0.319 e. The van der Waals surface area contributed by atoms with Gasteiger partial charge in [0.2, 0.25) is 0 Å². The number of halogens is 3. The number of carbonyl (C=O) groups is 1. The van der Waals surface area contributed by atoms with Crippen LogP contribution in [0.1, 0.15) is 17.8 Å². The third-order valence-electron chi connectivity index (χ3n) is 8.60. The number of rotatable bonds is 7. The quantitative estimate of drug-likeness (QED) is 0.190. The number of hydrogen-bond donors (Lipinski definition) is 0. The van der Waals surface area contributed by atoms with Crippen LogP contribution in [0.4, 0.5) is 14.6 Å². The lowest BCUT2D eigenvalue weighted by Gasteiger charge is -2.35. The standard InChI is InChI=1S/C33H30ClF2N7O2S/c1-41-11-4-7-21(41)19-45-33-39-30-23(18-38-29(28(30)36)22-8-2-5-20-6-3-9-24(34)27(20)22)31(40-33)42-12-14-43(15-13-42)32(44)25(35)17-26-37-10-16-46-26/h2-3,5-6,8-10,16-18,21H,4,7,11-15,19H2,1H3/b25-17-. The molecule has 2 aromatic carbocycles. The number of thiazole rings is 1. The van der Waals surface area contributed by atoms with Crippen molar-refractivity contribution in [3.8, 4) is 17.3 Å². The summed E-state index contributed by atoms with van der Waals surface area (Å²) in [4.78, 5) is 36.3. The minimum absolute atomic E-state index is 0.0609. The molecule has 0 aliphatic carbocycles. The molecule has 3 aromatic heterocycles. The summed E-state index contributed by atoms with van der Waals surface area (Å²) < 4.78 is 37.4. The van der Waals surface area contributed by atoms with Crippen molar-refractivity contribution in [1.82, 2.24) is 29.7 Å². The Labute approximate surface area is 273 Å². The Morgan fingerprint density at radius 3 is 2.65 bits per heavy atom. The fourth-order valence-electron chi connectivity index (χ4n) is 6.12. The second-order valence-electron chi connectivity index (χ2n) is 11.4. The van der Waals surface area contributed by atoms with Gasteiger partial charge in [-0.3, -0.25) is 9.78 Å². The second-order valence-corrected chi connectivity index (χ2v) is 12.7. The van der Waals surface area contributed by atoms with Crippen LogP contribution >= 0.6 is 22.9 Å². The normalized spacial score (nSPS) is 17.7. The number of pyridine rings is 1. The first-order chi connectivity index (χ1) is 22.4. The van der Waals surface area contributed by atoms with E-state index in [2.05, 4.69) is 26.9 Å². The molecular weight excluding hydrogens is 632 g/mol. The molecule has 46 heavy (non-hydrogen) atoms. The predicted octanol–water partition coefficient (Wildman–Crippen LogP) is 6.23. The molecule has 236 valence electrons. The van der Waals surface area contributed by atoms with Gasteiger partial charge in [0.25, 0.3) is 5.91 Å². The van der Waals surface area contributed by atoms with Crippen molar-refractivity contribution >= 4 is 62.4 Å². The van der Waals surface area contributed by atoms with Gasteiger partial charge in [-0.25, -0.2) is 13.8 Å².